The van der Waals surface area contributed by atoms with Gasteiger partial charge < -0.3 is 10.1 Å². The first kappa shape index (κ1) is 21.7. The highest BCUT2D eigenvalue weighted by atomic mass is 79.9. The molecule has 0 fully saturated rings. The van der Waals surface area contributed by atoms with E-state index in [1.54, 1.807) is 55.6 Å². The summed E-state index contributed by atoms with van der Waals surface area (Å²) in [6, 6.07) is 21.2. The second kappa shape index (κ2) is 9.71. The lowest BCUT2D eigenvalue weighted by molar-refractivity contribution is 0.102. The van der Waals surface area contributed by atoms with Gasteiger partial charge in [-0.2, -0.15) is 0 Å². The quantitative estimate of drug-likeness (QED) is 0.359. The van der Waals surface area contributed by atoms with Gasteiger partial charge in [-0.3, -0.25) is 14.9 Å². The molecule has 2 N–H and O–H groups in total. The highest BCUT2D eigenvalue weighted by Crippen LogP contribution is 2.28. The van der Waals surface area contributed by atoms with Gasteiger partial charge in [-0.05, 0) is 60.7 Å². The van der Waals surface area contributed by atoms with Crippen molar-refractivity contribution in [1.82, 2.24) is 10.2 Å². The fourth-order valence-corrected chi connectivity index (χ4v) is 3.88. The third-order valence-corrected chi connectivity index (χ3v) is 5.93. The number of hydrogen-bond acceptors (Lipinski definition) is 6. The molecular weight excluding hydrogens is 492 g/mol. The molecule has 4 rings (SSSR count). The summed E-state index contributed by atoms with van der Waals surface area (Å²) in [4.78, 5) is 25.5. The number of halogens is 1. The summed E-state index contributed by atoms with van der Waals surface area (Å²) in [5.41, 5.74) is 2.07. The van der Waals surface area contributed by atoms with Gasteiger partial charge in [-0.25, -0.2) is 0 Å². The fourth-order valence-electron chi connectivity index (χ4n) is 2.87. The summed E-state index contributed by atoms with van der Waals surface area (Å²) in [7, 11) is 1.60. The number of hydrogen-bond donors (Lipinski definition) is 2. The van der Waals surface area contributed by atoms with Crippen molar-refractivity contribution >= 4 is 49.9 Å². The SMILES string of the molecule is COc1ccc(-c2nnc(NC(=O)c3ccccc3NC(=O)c3ccc(Br)cc3)s2)cc1. The Hall–Kier alpha value is -3.56. The first-order valence-corrected chi connectivity index (χ1v) is 11.1. The van der Waals surface area contributed by atoms with Gasteiger partial charge in [-0.1, -0.05) is 39.4 Å². The molecule has 0 atom stereocenters. The largest absolute Gasteiger partial charge is 0.497 e. The lowest BCUT2D eigenvalue weighted by Crippen LogP contribution is -2.18. The molecule has 0 spiro atoms. The maximum Gasteiger partial charge on any atom is 0.259 e. The van der Waals surface area contributed by atoms with Gasteiger partial charge >= 0.3 is 0 Å². The molecule has 0 bridgehead atoms. The Morgan fingerprint density at radius 1 is 0.875 bits per heavy atom. The molecule has 160 valence electrons. The number of anilines is 2. The van der Waals surface area contributed by atoms with Crippen molar-refractivity contribution in [2.75, 3.05) is 17.7 Å². The fraction of sp³-hybridized carbons (Fsp3) is 0.0435. The molecule has 0 aliphatic rings. The van der Waals surface area contributed by atoms with Crippen LogP contribution in [0.1, 0.15) is 20.7 Å². The Bertz CT molecular complexity index is 1260. The molecule has 2 amide bonds. The van der Waals surface area contributed by atoms with E-state index in [4.69, 9.17) is 4.74 Å². The molecule has 0 saturated carbocycles. The zero-order chi connectivity index (χ0) is 22.5. The van der Waals surface area contributed by atoms with E-state index in [0.717, 1.165) is 15.8 Å². The molecule has 9 heteroatoms. The Balaban J connectivity index is 1.49. The third-order valence-electron chi connectivity index (χ3n) is 4.51. The molecule has 4 aromatic rings. The van der Waals surface area contributed by atoms with Gasteiger partial charge in [0.2, 0.25) is 5.13 Å². The van der Waals surface area contributed by atoms with Gasteiger partial charge in [0.15, 0.2) is 0 Å². The highest BCUT2D eigenvalue weighted by molar-refractivity contribution is 9.10. The summed E-state index contributed by atoms with van der Waals surface area (Å²) in [5, 5.41) is 14.8. The number of nitrogens with zero attached hydrogens (tertiary/aromatic N) is 2. The van der Waals surface area contributed by atoms with Crippen molar-refractivity contribution in [3.05, 3.63) is 88.4 Å². The van der Waals surface area contributed by atoms with Crippen LogP contribution in [0.2, 0.25) is 0 Å². The lowest BCUT2D eigenvalue weighted by Gasteiger charge is -2.10. The van der Waals surface area contributed by atoms with Crippen LogP contribution in [0.5, 0.6) is 5.75 Å². The zero-order valence-electron chi connectivity index (χ0n) is 16.8. The second-order valence-electron chi connectivity index (χ2n) is 6.60. The number of aromatic nitrogens is 2. The van der Waals surface area contributed by atoms with Crippen LogP contribution in [-0.2, 0) is 0 Å². The van der Waals surface area contributed by atoms with Crippen LogP contribution in [0.15, 0.2) is 77.3 Å². The number of rotatable bonds is 6. The van der Waals surface area contributed by atoms with Crippen LogP contribution in [-0.4, -0.2) is 29.1 Å². The maximum absolute atomic E-state index is 12.9. The number of methoxy groups -OCH3 is 1. The van der Waals surface area contributed by atoms with Crippen molar-refractivity contribution in [1.29, 1.82) is 0 Å². The molecule has 3 aromatic carbocycles. The summed E-state index contributed by atoms with van der Waals surface area (Å²) in [6.45, 7) is 0. The van der Waals surface area contributed by atoms with Crippen LogP contribution in [0.3, 0.4) is 0 Å². The van der Waals surface area contributed by atoms with E-state index in [1.165, 1.54) is 11.3 Å². The Morgan fingerprint density at radius 3 is 2.31 bits per heavy atom. The minimum absolute atomic E-state index is 0.310. The van der Waals surface area contributed by atoms with E-state index in [0.29, 0.717) is 27.0 Å². The molecule has 1 heterocycles. The van der Waals surface area contributed by atoms with Crippen LogP contribution in [0.4, 0.5) is 10.8 Å². The Kier molecular flexibility index (Phi) is 6.58. The van der Waals surface area contributed by atoms with E-state index in [-0.39, 0.29) is 5.91 Å². The Morgan fingerprint density at radius 2 is 1.59 bits per heavy atom. The Labute approximate surface area is 196 Å². The summed E-state index contributed by atoms with van der Waals surface area (Å²) in [6.07, 6.45) is 0. The second-order valence-corrected chi connectivity index (χ2v) is 8.49. The maximum atomic E-state index is 12.9. The van der Waals surface area contributed by atoms with E-state index in [9.17, 15) is 9.59 Å². The first-order valence-electron chi connectivity index (χ1n) is 9.49. The van der Waals surface area contributed by atoms with Crippen LogP contribution >= 0.6 is 27.3 Å². The van der Waals surface area contributed by atoms with E-state index in [2.05, 4.69) is 36.8 Å². The summed E-state index contributed by atoms with van der Waals surface area (Å²) < 4.78 is 6.04. The molecule has 0 unspecified atom stereocenters. The number of carbonyl (C=O) groups is 2. The standard InChI is InChI=1S/C23H17BrN4O3S/c1-31-17-12-8-15(9-13-17)22-27-28-23(32-22)26-21(30)18-4-2-3-5-19(18)25-20(29)14-6-10-16(24)11-7-14/h2-13H,1H3,(H,25,29)(H,26,28,30). The average Bonchev–Trinajstić information content (AvgIpc) is 3.28. The van der Waals surface area contributed by atoms with Gasteiger partial charge in [0.05, 0.1) is 18.4 Å². The van der Waals surface area contributed by atoms with E-state index in [1.807, 2.05) is 24.3 Å². The van der Waals surface area contributed by atoms with Crippen molar-refractivity contribution in [3.8, 4) is 16.3 Å². The van der Waals surface area contributed by atoms with Gasteiger partial charge in [-0.15, -0.1) is 10.2 Å². The van der Waals surface area contributed by atoms with Gasteiger partial charge in [0, 0.05) is 15.6 Å². The van der Waals surface area contributed by atoms with Crippen LogP contribution in [0.25, 0.3) is 10.6 Å². The van der Waals surface area contributed by atoms with Crippen molar-refractivity contribution < 1.29 is 14.3 Å². The zero-order valence-corrected chi connectivity index (χ0v) is 19.2. The van der Waals surface area contributed by atoms with Crippen LogP contribution < -0.4 is 15.4 Å². The monoisotopic (exact) mass is 508 g/mol. The third kappa shape index (κ3) is 5.01. The number of para-hydroxylation sites is 1. The number of nitrogens with one attached hydrogen (secondary N) is 2. The molecular formula is C23H17BrN4O3S. The molecule has 0 aliphatic heterocycles. The molecule has 0 aliphatic carbocycles. The number of amides is 2. The van der Waals surface area contributed by atoms with Crippen molar-refractivity contribution in [2.24, 2.45) is 0 Å². The first-order chi connectivity index (χ1) is 15.5. The number of carbonyl (C=O) groups excluding carboxylic acids is 2. The average molecular weight is 509 g/mol. The molecule has 1 aromatic heterocycles. The highest BCUT2D eigenvalue weighted by Gasteiger charge is 2.16. The van der Waals surface area contributed by atoms with Gasteiger partial charge in [0.25, 0.3) is 11.8 Å². The lowest BCUT2D eigenvalue weighted by atomic mass is 10.1. The predicted octanol–water partition coefficient (Wildman–Crippen LogP) is 5.48. The molecule has 7 nitrogen and oxygen atoms in total. The van der Waals surface area contributed by atoms with E-state index >= 15 is 0 Å². The normalized spacial score (nSPS) is 10.4. The van der Waals surface area contributed by atoms with Gasteiger partial charge in [0.1, 0.15) is 10.8 Å². The minimum Gasteiger partial charge on any atom is -0.497 e. The van der Waals surface area contributed by atoms with Crippen molar-refractivity contribution in [3.63, 3.8) is 0 Å². The van der Waals surface area contributed by atoms with Crippen LogP contribution in [0, 0.1) is 0 Å². The molecule has 0 saturated heterocycles. The number of benzene rings is 3. The predicted molar refractivity (Wildman–Crippen MR) is 128 cm³/mol. The smallest absolute Gasteiger partial charge is 0.259 e. The number of ether oxygens (including phenoxy) is 1. The summed E-state index contributed by atoms with van der Waals surface area (Å²) in [5.74, 6) is 0.0400. The van der Waals surface area contributed by atoms with E-state index < -0.39 is 5.91 Å². The molecule has 32 heavy (non-hydrogen) atoms. The molecule has 0 radical (unpaired) electrons. The van der Waals surface area contributed by atoms with Crippen molar-refractivity contribution in [2.45, 2.75) is 0 Å². The summed E-state index contributed by atoms with van der Waals surface area (Å²) >= 11 is 4.60. The minimum atomic E-state index is -0.394. The topological polar surface area (TPSA) is 93.2 Å².